The smallest absolute Gasteiger partial charge is 0.268 e. The molecule has 0 atom stereocenters. The first kappa shape index (κ1) is 9.80. The zero-order valence-corrected chi connectivity index (χ0v) is 7.60. The van der Waals surface area contributed by atoms with Crippen LogP contribution in [0.1, 0.15) is 12.0 Å². The molecule has 0 aliphatic carbocycles. The molecule has 0 aliphatic rings. The summed E-state index contributed by atoms with van der Waals surface area (Å²) in [5, 5.41) is 4.40. The standard InChI is InChI=1S/C8H9ClN2O2/c9-4-2-1-3-6-5-7(12)10-11-8(6)13/h1,3,5H,2,4H2,(H,10,12)(H,11,13). The Balaban J connectivity index is 2.94. The lowest BCUT2D eigenvalue weighted by Gasteiger charge is -1.89. The van der Waals surface area contributed by atoms with Crippen molar-refractivity contribution in [2.75, 3.05) is 5.88 Å². The molecule has 0 fully saturated rings. The van der Waals surface area contributed by atoms with Crippen LogP contribution in [0.2, 0.25) is 0 Å². The molecule has 0 spiro atoms. The monoisotopic (exact) mass is 200 g/mol. The van der Waals surface area contributed by atoms with E-state index in [0.29, 0.717) is 17.9 Å². The summed E-state index contributed by atoms with van der Waals surface area (Å²) in [6.45, 7) is 0. The van der Waals surface area contributed by atoms with Gasteiger partial charge in [-0.2, -0.15) is 0 Å². The van der Waals surface area contributed by atoms with Gasteiger partial charge in [-0.1, -0.05) is 12.2 Å². The van der Waals surface area contributed by atoms with Crippen LogP contribution < -0.4 is 11.1 Å². The lowest BCUT2D eigenvalue weighted by molar-refractivity contribution is 0.947. The topological polar surface area (TPSA) is 65.7 Å². The van der Waals surface area contributed by atoms with Gasteiger partial charge in [0.05, 0.1) is 0 Å². The van der Waals surface area contributed by atoms with Crippen molar-refractivity contribution in [2.24, 2.45) is 0 Å². The Morgan fingerprint density at radius 1 is 1.38 bits per heavy atom. The van der Waals surface area contributed by atoms with Gasteiger partial charge in [0.2, 0.25) is 0 Å². The number of aromatic amines is 2. The number of H-pyrrole nitrogens is 2. The van der Waals surface area contributed by atoms with Crippen LogP contribution in [0.5, 0.6) is 0 Å². The zero-order valence-electron chi connectivity index (χ0n) is 6.84. The highest BCUT2D eigenvalue weighted by molar-refractivity contribution is 6.17. The van der Waals surface area contributed by atoms with Gasteiger partial charge in [-0.25, -0.2) is 0 Å². The van der Waals surface area contributed by atoms with E-state index in [4.69, 9.17) is 11.6 Å². The molecule has 0 radical (unpaired) electrons. The molecular formula is C8H9ClN2O2. The second kappa shape index (κ2) is 4.67. The molecule has 4 nitrogen and oxygen atoms in total. The maximum absolute atomic E-state index is 11.1. The van der Waals surface area contributed by atoms with Gasteiger partial charge in [0.25, 0.3) is 11.1 Å². The van der Waals surface area contributed by atoms with Crippen molar-refractivity contribution in [3.8, 4) is 0 Å². The molecular weight excluding hydrogens is 192 g/mol. The third-order valence-corrected chi connectivity index (χ3v) is 1.64. The Morgan fingerprint density at radius 2 is 2.15 bits per heavy atom. The van der Waals surface area contributed by atoms with Crippen molar-refractivity contribution in [1.82, 2.24) is 10.2 Å². The van der Waals surface area contributed by atoms with Crippen molar-refractivity contribution >= 4 is 17.7 Å². The molecule has 0 aromatic carbocycles. The summed E-state index contributed by atoms with van der Waals surface area (Å²) in [4.78, 5) is 21.8. The summed E-state index contributed by atoms with van der Waals surface area (Å²) in [5.74, 6) is 0.498. The molecule has 1 aromatic heterocycles. The third-order valence-electron chi connectivity index (χ3n) is 1.42. The van der Waals surface area contributed by atoms with Crippen molar-refractivity contribution in [2.45, 2.75) is 6.42 Å². The molecule has 1 rings (SSSR count). The Labute approximate surface area is 79.2 Å². The summed E-state index contributed by atoms with van der Waals surface area (Å²) >= 11 is 5.43. The molecule has 1 heterocycles. The van der Waals surface area contributed by atoms with Crippen molar-refractivity contribution in [3.63, 3.8) is 0 Å². The molecule has 0 saturated heterocycles. The number of hydrogen-bond acceptors (Lipinski definition) is 2. The van der Waals surface area contributed by atoms with Gasteiger partial charge in [0.15, 0.2) is 0 Å². The van der Waals surface area contributed by atoms with E-state index in [-0.39, 0.29) is 11.1 Å². The number of nitrogens with one attached hydrogen (secondary N) is 2. The van der Waals surface area contributed by atoms with Crippen LogP contribution in [-0.2, 0) is 0 Å². The van der Waals surface area contributed by atoms with E-state index in [2.05, 4.69) is 10.2 Å². The van der Waals surface area contributed by atoms with Gasteiger partial charge in [-0.3, -0.25) is 19.8 Å². The van der Waals surface area contributed by atoms with Gasteiger partial charge in [-0.05, 0) is 6.42 Å². The highest BCUT2D eigenvalue weighted by Crippen LogP contribution is 1.93. The van der Waals surface area contributed by atoms with Gasteiger partial charge in [-0.15, -0.1) is 11.6 Å². The lowest BCUT2D eigenvalue weighted by atomic mass is 10.2. The van der Waals surface area contributed by atoms with E-state index < -0.39 is 0 Å². The fraction of sp³-hybridized carbons (Fsp3) is 0.250. The Morgan fingerprint density at radius 3 is 2.85 bits per heavy atom. The summed E-state index contributed by atoms with van der Waals surface area (Å²) in [6, 6.07) is 1.24. The number of hydrogen-bond donors (Lipinski definition) is 2. The maximum atomic E-state index is 11.1. The van der Waals surface area contributed by atoms with Gasteiger partial charge in [0, 0.05) is 17.5 Å². The molecule has 70 valence electrons. The minimum absolute atomic E-state index is 0.314. The average molecular weight is 201 g/mol. The van der Waals surface area contributed by atoms with Crippen LogP contribution in [0.4, 0.5) is 0 Å². The largest absolute Gasteiger partial charge is 0.269 e. The minimum atomic E-state index is -0.329. The summed E-state index contributed by atoms with van der Waals surface area (Å²) in [7, 11) is 0. The lowest BCUT2D eigenvalue weighted by Crippen LogP contribution is -2.19. The van der Waals surface area contributed by atoms with E-state index in [0.717, 1.165) is 0 Å². The molecule has 5 heteroatoms. The van der Waals surface area contributed by atoms with Gasteiger partial charge < -0.3 is 0 Å². The number of alkyl halides is 1. The molecule has 0 unspecified atom stereocenters. The predicted molar refractivity (Wildman–Crippen MR) is 52.1 cm³/mol. The SMILES string of the molecule is O=c1cc(C=CCCCl)c(=O)[nH][nH]1. The number of halogens is 1. The molecule has 0 bridgehead atoms. The highest BCUT2D eigenvalue weighted by atomic mass is 35.5. The van der Waals surface area contributed by atoms with E-state index in [9.17, 15) is 9.59 Å². The van der Waals surface area contributed by atoms with Crippen LogP contribution in [0.15, 0.2) is 21.7 Å². The van der Waals surface area contributed by atoms with Gasteiger partial charge in [0.1, 0.15) is 0 Å². The van der Waals surface area contributed by atoms with Crippen LogP contribution >= 0.6 is 11.6 Å². The summed E-state index contributed by atoms with van der Waals surface area (Å²) in [6.07, 6.45) is 4.00. The van der Waals surface area contributed by atoms with E-state index >= 15 is 0 Å². The molecule has 1 aromatic rings. The Kier molecular flexibility index (Phi) is 3.52. The normalized spacial score (nSPS) is 10.8. The van der Waals surface area contributed by atoms with Crippen LogP contribution in [0.25, 0.3) is 6.08 Å². The van der Waals surface area contributed by atoms with Crippen molar-refractivity contribution in [3.05, 3.63) is 38.4 Å². The summed E-state index contributed by atoms with van der Waals surface area (Å²) < 4.78 is 0. The Bertz CT molecular complexity index is 405. The number of rotatable bonds is 3. The fourth-order valence-electron chi connectivity index (χ4n) is 0.830. The molecule has 0 saturated carbocycles. The second-order valence-electron chi connectivity index (χ2n) is 2.42. The summed E-state index contributed by atoms with van der Waals surface area (Å²) in [5.41, 5.74) is -0.301. The first-order valence-electron chi connectivity index (χ1n) is 3.78. The molecule has 0 amide bonds. The predicted octanol–water partition coefficient (Wildman–Crippen LogP) is 0.705. The van der Waals surface area contributed by atoms with E-state index in [1.165, 1.54) is 6.07 Å². The van der Waals surface area contributed by atoms with Crippen LogP contribution in [0, 0.1) is 0 Å². The Hall–Kier alpha value is -1.29. The number of allylic oxidation sites excluding steroid dienone is 1. The van der Waals surface area contributed by atoms with Crippen LogP contribution in [0.3, 0.4) is 0 Å². The highest BCUT2D eigenvalue weighted by Gasteiger charge is 1.94. The average Bonchev–Trinajstić information content (AvgIpc) is 2.11. The van der Waals surface area contributed by atoms with Gasteiger partial charge >= 0.3 is 0 Å². The molecule has 0 aliphatic heterocycles. The fourth-order valence-corrected chi connectivity index (χ4v) is 0.956. The second-order valence-corrected chi connectivity index (χ2v) is 2.80. The third kappa shape index (κ3) is 2.91. The number of aromatic nitrogens is 2. The van der Waals surface area contributed by atoms with E-state index in [1.807, 2.05) is 0 Å². The maximum Gasteiger partial charge on any atom is 0.269 e. The van der Waals surface area contributed by atoms with E-state index in [1.54, 1.807) is 12.2 Å². The first-order chi connectivity index (χ1) is 6.24. The molecule has 2 N–H and O–H groups in total. The van der Waals surface area contributed by atoms with Crippen molar-refractivity contribution < 1.29 is 0 Å². The van der Waals surface area contributed by atoms with Crippen molar-refractivity contribution in [1.29, 1.82) is 0 Å². The zero-order chi connectivity index (χ0) is 9.68. The first-order valence-corrected chi connectivity index (χ1v) is 4.32. The molecule has 13 heavy (non-hydrogen) atoms. The van der Waals surface area contributed by atoms with Crippen LogP contribution in [-0.4, -0.2) is 16.1 Å². The quantitative estimate of drug-likeness (QED) is 0.706. The minimum Gasteiger partial charge on any atom is -0.268 e.